The third-order valence-electron chi connectivity index (χ3n) is 4.37. The standard InChI is InChI=1S/C19H23NO3S/c1-11(2)10-23-19(22)16-12(3)20-13-6-4-7-14(21)17(13)18(16)15-8-5-9-24-15/h5,8-9,11,18,20H,4,6-7,10H2,1-3H3/t18-/m1/s1. The van der Waals surface area contributed by atoms with Gasteiger partial charge in [-0.3, -0.25) is 4.79 Å². The molecule has 0 aromatic carbocycles. The Morgan fingerprint density at radius 2 is 2.21 bits per heavy atom. The number of rotatable bonds is 4. The number of ether oxygens (including phenoxy) is 1. The summed E-state index contributed by atoms with van der Waals surface area (Å²) in [6, 6.07) is 3.96. The van der Waals surface area contributed by atoms with Gasteiger partial charge in [0.25, 0.3) is 0 Å². The molecule has 0 unspecified atom stereocenters. The minimum absolute atomic E-state index is 0.142. The molecule has 1 aromatic rings. The average molecular weight is 345 g/mol. The van der Waals surface area contributed by atoms with Crippen molar-refractivity contribution in [1.82, 2.24) is 5.32 Å². The second-order valence-electron chi connectivity index (χ2n) is 6.77. The molecule has 1 aromatic heterocycles. The van der Waals surface area contributed by atoms with Crippen molar-refractivity contribution in [2.45, 2.75) is 46.0 Å². The van der Waals surface area contributed by atoms with Gasteiger partial charge in [-0.1, -0.05) is 19.9 Å². The van der Waals surface area contributed by atoms with Crippen LogP contribution < -0.4 is 5.32 Å². The Kier molecular flexibility index (Phi) is 4.90. The van der Waals surface area contributed by atoms with Crippen LogP contribution in [0.2, 0.25) is 0 Å². The highest BCUT2D eigenvalue weighted by molar-refractivity contribution is 7.10. The minimum Gasteiger partial charge on any atom is -0.462 e. The van der Waals surface area contributed by atoms with Gasteiger partial charge in [0.1, 0.15) is 0 Å². The van der Waals surface area contributed by atoms with Crippen LogP contribution in [0.3, 0.4) is 0 Å². The molecule has 2 heterocycles. The molecule has 0 saturated heterocycles. The molecular weight excluding hydrogens is 322 g/mol. The SMILES string of the molecule is CC1=C(C(=O)OCC(C)C)[C@@H](c2cccs2)C2=C(CCCC2=O)N1. The van der Waals surface area contributed by atoms with Crippen LogP contribution in [-0.4, -0.2) is 18.4 Å². The van der Waals surface area contributed by atoms with E-state index in [1.165, 1.54) is 0 Å². The number of allylic oxidation sites excluding steroid dienone is 3. The quantitative estimate of drug-likeness (QED) is 0.841. The van der Waals surface area contributed by atoms with Crippen molar-refractivity contribution in [2.75, 3.05) is 6.61 Å². The number of carbonyl (C=O) groups is 2. The van der Waals surface area contributed by atoms with Crippen LogP contribution in [0.25, 0.3) is 0 Å². The van der Waals surface area contributed by atoms with Gasteiger partial charge >= 0.3 is 5.97 Å². The van der Waals surface area contributed by atoms with E-state index in [0.717, 1.165) is 34.7 Å². The number of carbonyl (C=O) groups excluding carboxylic acids is 2. The molecule has 0 bridgehead atoms. The van der Waals surface area contributed by atoms with E-state index in [4.69, 9.17) is 4.74 Å². The van der Waals surface area contributed by atoms with E-state index in [1.807, 2.05) is 38.3 Å². The van der Waals surface area contributed by atoms with E-state index in [-0.39, 0.29) is 23.6 Å². The Morgan fingerprint density at radius 3 is 2.88 bits per heavy atom. The lowest BCUT2D eigenvalue weighted by atomic mass is 9.78. The largest absolute Gasteiger partial charge is 0.462 e. The fraction of sp³-hybridized carbons (Fsp3) is 0.474. The average Bonchev–Trinajstić information content (AvgIpc) is 3.05. The number of nitrogens with one attached hydrogen (secondary N) is 1. The predicted octanol–water partition coefficient (Wildman–Crippen LogP) is 3.92. The normalized spacial score (nSPS) is 21.0. The monoisotopic (exact) mass is 345 g/mol. The van der Waals surface area contributed by atoms with Crippen LogP contribution in [-0.2, 0) is 14.3 Å². The molecule has 4 nitrogen and oxygen atoms in total. The fourth-order valence-electron chi connectivity index (χ4n) is 3.31. The van der Waals surface area contributed by atoms with Gasteiger partial charge < -0.3 is 10.1 Å². The predicted molar refractivity (Wildman–Crippen MR) is 94.6 cm³/mol. The molecule has 3 rings (SSSR count). The van der Waals surface area contributed by atoms with Crippen LogP contribution >= 0.6 is 11.3 Å². The lowest BCUT2D eigenvalue weighted by Gasteiger charge is -2.33. The maximum atomic E-state index is 12.8. The highest BCUT2D eigenvalue weighted by Gasteiger charge is 2.39. The summed E-state index contributed by atoms with van der Waals surface area (Å²) in [6.45, 7) is 6.30. The summed E-state index contributed by atoms with van der Waals surface area (Å²) in [7, 11) is 0. The third-order valence-corrected chi connectivity index (χ3v) is 5.31. The van der Waals surface area contributed by atoms with Crippen molar-refractivity contribution in [3.8, 4) is 0 Å². The van der Waals surface area contributed by atoms with E-state index >= 15 is 0 Å². The number of thiophene rings is 1. The first-order chi connectivity index (χ1) is 11.5. The molecule has 0 amide bonds. The summed E-state index contributed by atoms with van der Waals surface area (Å²) in [6.07, 6.45) is 2.27. The van der Waals surface area contributed by atoms with Crippen LogP contribution in [0, 0.1) is 5.92 Å². The van der Waals surface area contributed by atoms with Gasteiger partial charge in [-0.05, 0) is 37.1 Å². The van der Waals surface area contributed by atoms with Crippen LogP contribution in [0.1, 0.15) is 50.8 Å². The second kappa shape index (κ2) is 6.93. The number of esters is 1. The van der Waals surface area contributed by atoms with Gasteiger partial charge in [0.05, 0.1) is 18.1 Å². The number of hydrogen-bond donors (Lipinski definition) is 1. The summed E-state index contributed by atoms with van der Waals surface area (Å²) < 4.78 is 5.49. The Balaban J connectivity index is 2.02. The van der Waals surface area contributed by atoms with E-state index in [9.17, 15) is 9.59 Å². The van der Waals surface area contributed by atoms with E-state index < -0.39 is 0 Å². The molecule has 2 aliphatic rings. The zero-order valence-corrected chi connectivity index (χ0v) is 15.2. The Bertz CT molecular complexity index is 713. The fourth-order valence-corrected chi connectivity index (χ4v) is 4.16. The van der Waals surface area contributed by atoms with Crippen molar-refractivity contribution in [3.63, 3.8) is 0 Å². The maximum absolute atomic E-state index is 12.8. The highest BCUT2D eigenvalue weighted by Crippen LogP contribution is 2.43. The zero-order chi connectivity index (χ0) is 17.3. The second-order valence-corrected chi connectivity index (χ2v) is 7.75. The van der Waals surface area contributed by atoms with Gasteiger partial charge in [0.15, 0.2) is 5.78 Å². The summed E-state index contributed by atoms with van der Waals surface area (Å²) in [5, 5.41) is 5.28. The topological polar surface area (TPSA) is 55.4 Å². The van der Waals surface area contributed by atoms with Gasteiger partial charge in [0.2, 0.25) is 0 Å². The van der Waals surface area contributed by atoms with Crippen molar-refractivity contribution in [3.05, 3.63) is 44.9 Å². The summed E-state index contributed by atoms with van der Waals surface area (Å²) in [5.74, 6) is -0.202. The third kappa shape index (κ3) is 3.18. The first-order valence-electron chi connectivity index (χ1n) is 8.43. The minimum atomic E-state index is -0.322. The van der Waals surface area contributed by atoms with Crippen molar-refractivity contribution < 1.29 is 14.3 Å². The summed E-state index contributed by atoms with van der Waals surface area (Å²) in [4.78, 5) is 26.4. The van der Waals surface area contributed by atoms with Crippen LogP contribution in [0.15, 0.2) is 40.1 Å². The van der Waals surface area contributed by atoms with Gasteiger partial charge in [0, 0.05) is 28.3 Å². The van der Waals surface area contributed by atoms with Crippen molar-refractivity contribution in [2.24, 2.45) is 5.92 Å². The van der Waals surface area contributed by atoms with Gasteiger partial charge in [-0.25, -0.2) is 4.79 Å². The van der Waals surface area contributed by atoms with Gasteiger partial charge in [-0.15, -0.1) is 11.3 Å². The molecule has 0 saturated carbocycles. The molecule has 1 N–H and O–H groups in total. The van der Waals surface area contributed by atoms with Crippen molar-refractivity contribution in [1.29, 1.82) is 0 Å². The lowest BCUT2D eigenvalue weighted by molar-refractivity contribution is -0.140. The Labute approximate surface area is 146 Å². The number of hydrogen-bond acceptors (Lipinski definition) is 5. The molecule has 0 spiro atoms. The van der Waals surface area contributed by atoms with E-state index in [0.29, 0.717) is 18.6 Å². The smallest absolute Gasteiger partial charge is 0.336 e. The molecule has 24 heavy (non-hydrogen) atoms. The maximum Gasteiger partial charge on any atom is 0.336 e. The molecule has 1 aliphatic heterocycles. The Morgan fingerprint density at radius 1 is 1.42 bits per heavy atom. The van der Waals surface area contributed by atoms with Crippen LogP contribution in [0.4, 0.5) is 0 Å². The number of dihydropyridines is 1. The summed E-state index contributed by atoms with van der Waals surface area (Å²) in [5.41, 5.74) is 3.11. The van der Waals surface area contributed by atoms with Crippen LogP contribution in [0.5, 0.6) is 0 Å². The summed E-state index contributed by atoms with van der Waals surface area (Å²) >= 11 is 1.58. The zero-order valence-electron chi connectivity index (χ0n) is 14.3. The van der Waals surface area contributed by atoms with Crippen molar-refractivity contribution >= 4 is 23.1 Å². The van der Waals surface area contributed by atoms with E-state index in [1.54, 1.807) is 11.3 Å². The molecule has 1 atom stereocenters. The molecule has 0 fully saturated rings. The number of ketones is 1. The molecular formula is C19H23NO3S. The highest BCUT2D eigenvalue weighted by atomic mass is 32.1. The van der Waals surface area contributed by atoms with E-state index in [2.05, 4.69) is 5.32 Å². The molecule has 5 heteroatoms. The first-order valence-corrected chi connectivity index (χ1v) is 9.31. The molecule has 0 radical (unpaired) electrons. The molecule has 128 valence electrons. The number of Topliss-reactive ketones (excluding diaryl/α,β-unsaturated/α-hetero) is 1. The Hall–Kier alpha value is -1.88. The molecule has 1 aliphatic carbocycles. The first kappa shape index (κ1) is 17.0. The lowest BCUT2D eigenvalue weighted by Crippen LogP contribution is -2.34. The van der Waals surface area contributed by atoms with Gasteiger partial charge in [-0.2, -0.15) is 0 Å².